The van der Waals surface area contributed by atoms with Crippen LogP contribution in [-0.2, 0) is 17.0 Å². The number of amides is 2. The molecule has 4 aromatic carbocycles. The Hall–Kier alpha value is -4.66. The first-order chi connectivity index (χ1) is 20.4. The second kappa shape index (κ2) is 8.00. The molecule has 2 aromatic heterocycles. The Morgan fingerprint density at radius 3 is 2.38 bits per heavy atom. The summed E-state index contributed by atoms with van der Waals surface area (Å²) in [5.41, 5.74) is 4.79. The van der Waals surface area contributed by atoms with Gasteiger partial charge in [0.1, 0.15) is 12.3 Å². The molecule has 0 unspecified atom stereocenters. The number of aromatic nitrogens is 2. The van der Waals surface area contributed by atoms with Gasteiger partial charge < -0.3 is 29.2 Å². The van der Waals surface area contributed by atoms with Crippen LogP contribution in [0.1, 0.15) is 45.9 Å². The minimum absolute atomic E-state index is 0.0721. The van der Waals surface area contributed by atoms with Gasteiger partial charge in [-0.15, -0.1) is 0 Å². The van der Waals surface area contributed by atoms with Gasteiger partial charge in [-0.05, 0) is 36.8 Å². The lowest BCUT2D eigenvalue weighted by Gasteiger charge is -2.49. The van der Waals surface area contributed by atoms with Crippen molar-refractivity contribution in [2.75, 3.05) is 7.05 Å². The van der Waals surface area contributed by atoms with E-state index >= 15 is 0 Å². The normalized spacial score (nSPS) is 24.5. The van der Waals surface area contributed by atoms with Crippen LogP contribution in [0, 0.1) is 0 Å². The smallest absolute Gasteiger partial charge is 0.253 e. The molecule has 0 radical (unpaired) electrons. The molecule has 2 amide bonds. The number of para-hydroxylation sites is 2. The van der Waals surface area contributed by atoms with Crippen LogP contribution in [0.5, 0.6) is 0 Å². The molecule has 208 valence electrons. The Kier molecular flexibility index (Phi) is 4.57. The fourth-order valence-electron chi connectivity index (χ4n) is 7.97. The van der Waals surface area contributed by atoms with E-state index in [0.29, 0.717) is 24.1 Å². The second-order valence-corrected chi connectivity index (χ2v) is 11.9. The fourth-order valence-corrected chi connectivity index (χ4v) is 7.97. The fraction of sp³-hybridized carbons (Fsp3) is 0.235. The van der Waals surface area contributed by atoms with E-state index in [9.17, 15) is 14.7 Å². The highest BCUT2D eigenvalue weighted by Gasteiger charge is 2.54. The summed E-state index contributed by atoms with van der Waals surface area (Å²) in [5.74, 6) is -0.225. The van der Waals surface area contributed by atoms with E-state index < -0.39 is 24.1 Å². The topological polar surface area (TPSA) is 88.7 Å². The molecule has 2 bridgehead atoms. The molecule has 42 heavy (non-hydrogen) atoms. The lowest BCUT2D eigenvalue weighted by atomic mass is 9.92. The maximum absolute atomic E-state index is 13.7. The molecular weight excluding hydrogens is 534 g/mol. The van der Waals surface area contributed by atoms with Gasteiger partial charge in [-0.25, -0.2) is 0 Å². The number of rotatable bonds is 2. The first kappa shape index (κ1) is 24.0. The van der Waals surface area contributed by atoms with Gasteiger partial charge >= 0.3 is 0 Å². The van der Waals surface area contributed by atoms with Crippen LogP contribution < -0.4 is 5.32 Å². The van der Waals surface area contributed by atoms with Gasteiger partial charge in [0.15, 0.2) is 5.72 Å². The minimum Gasteiger partial charge on any atom is -0.386 e. The van der Waals surface area contributed by atoms with Gasteiger partial charge in [0.25, 0.3) is 11.8 Å². The third-order valence-corrected chi connectivity index (χ3v) is 9.82. The van der Waals surface area contributed by atoms with Crippen LogP contribution >= 0.6 is 0 Å². The molecule has 6 aromatic rings. The number of likely N-dealkylation sites (N-methyl/N-ethyl adjacent to an activating group) is 1. The van der Waals surface area contributed by atoms with E-state index in [1.165, 1.54) is 0 Å². The van der Waals surface area contributed by atoms with E-state index in [2.05, 4.69) is 38.7 Å². The number of nitrogens with zero attached hydrogens (tertiary/aromatic N) is 3. The third-order valence-electron chi connectivity index (χ3n) is 9.82. The lowest BCUT2D eigenvalue weighted by Crippen LogP contribution is -2.60. The first-order valence-corrected chi connectivity index (χ1v) is 14.4. The monoisotopic (exact) mass is 562 g/mol. The zero-order chi connectivity index (χ0) is 28.5. The quantitative estimate of drug-likeness (QED) is 0.302. The van der Waals surface area contributed by atoms with Crippen molar-refractivity contribution in [2.45, 2.75) is 44.0 Å². The standard InChI is InChI=1S/C34H28N4O4/c1-34-31(39)24(36(2)33(41)18-10-4-3-5-11-18)16-25(42-34)37-22-14-8-6-12-19(22)27-28-21(17-35-32(28)40)26-20-13-7-9-15-23(20)38(34)30(26)29(27)37/h3-15,24-25,31,39H,16-17H2,1-2H3,(H,35,40)/t24-,25-,31-,34+/m1/s1/i3+1,4+1,5+1,10+1,11+1,18+1. The predicted octanol–water partition coefficient (Wildman–Crippen LogP) is 5.25. The summed E-state index contributed by atoms with van der Waals surface area (Å²) >= 11 is 0. The predicted molar refractivity (Wildman–Crippen MR) is 160 cm³/mol. The molecule has 3 aliphatic rings. The zero-order valence-corrected chi connectivity index (χ0v) is 23.2. The SMILES string of the molecule is CN(C(=O)[13c]1[13cH][13cH][13cH][13cH][13cH]1)[C@@H]1C[C@H]2O[C@@](C)([C@@H]1O)n1c3ccccc3c3c4c(c5c6ccccc6n2c5c31)C(=O)NC4. The average molecular weight is 563 g/mol. The number of hydrogen-bond acceptors (Lipinski definition) is 4. The van der Waals surface area contributed by atoms with Gasteiger partial charge in [0, 0.05) is 47.1 Å². The number of fused-ring (bicyclic) bond motifs is 13. The van der Waals surface area contributed by atoms with Crippen molar-refractivity contribution in [3.63, 3.8) is 0 Å². The van der Waals surface area contributed by atoms with Gasteiger partial charge in [0.2, 0.25) is 0 Å². The Balaban J connectivity index is 1.42. The molecule has 4 atom stereocenters. The van der Waals surface area contributed by atoms with E-state index in [-0.39, 0.29) is 11.8 Å². The molecule has 8 nitrogen and oxygen atoms in total. The van der Waals surface area contributed by atoms with Crippen molar-refractivity contribution in [1.82, 2.24) is 19.4 Å². The highest BCUT2D eigenvalue weighted by molar-refractivity contribution is 6.31. The number of ether oxygens (including phenoxy) is 1. The minimum atomic E-state index is -1.21. The summed E-state index contributed by atoms with van der Waals surface area (Å²) in [6, 6.07) is 24.9. The molecule has 1 saturated heterocycles. The number of hydrogen-bond donors (Lipinski definition) is 2. The van der Waals surface area contributed by atoms with Crippen molar-refractivity contribution >= 4 is 55.4 Å². The number of aliphatic hydroxyl groups is 1. The highest BCUT2D eigenvalue weighted by Crippen LogP contribution is 2.53. The molecule has 2 N–H and O–H groups in total. The van der Waals surface area contributed by atoms with Crippen LogP contribution in [0.25, 0.3) is 43.6 Å². The lowest BCUT2D eigenvalue weighted by molar-refractivity contribution is -0.257. The van der Waals surface area contributed by atoms with Gasteiger partial charge in [-0.3, -0.25) is 9.59 Å². The maximum atomic E-state index is 13.7. The Morgan fingerprint density at radius 1 is 0.952 bits per heavy atom. The summed E-state index contributed by atoms with van der Waals surface area (Å²) in [4.78, 5) is 28.9. The molecule has 0 aliphatic carbocycles. The van der Waals surface area contributed by atoms with Gasteiger partial charge in [-0.1, -0.05) is 54.6 Å². The van der Waals surface area contributed by atoms with Crippen molar-refractivity contribution in [3.8, 4) is 0 Å². The summed E-state index contributed by atoms with van der Waals surface area (Å²) in [7, 11) is 1.77. The number of benzene rings is 4. The molecule has 9 rings (SSSR count). The molecule has 5 heterocycles. The van der Waals surface area contributed by atoms with Crippen molar-refractivity contribution in [1.29, 1.82) is 0 Å². The summed E-state index contributed by atoms with van der Waals surface area (Å²) in [6.07, 6.45) is -1.15. The molecule has 0 spiro atoms. The van der Waals surface area contributed by atoms with E-state index in [0.717, 1.165) is 49.2 Å². The number of carbonyl (C=O) groups excluding carboxylic acids is 2. The Morgan fingerprint density at radius 2 is 1.62 bits per heavy atom. The number of nitrogens with one attached hydrogen (secondary N) is 1. The highest BCUT2D eigenvalue weighted by atomic mass is 16.6. The summed E-state index contributed by atoms with van der Waals surface area (Å²) in [5, 5.41) is 19.3. The summed E-state index contributed by atoms with van der Waals surface area (Å²) < 4.78 is 11.3. The van der Waals surface area contributed by atoms with Crippen LogP contribution in [-0.4, -0.2) is 50.1 Å². The van der Waals surface area contributed by atoms with E-state index in [1.54, 1.807) is 24.1 Å². The van der Waals surface area contributed by atoms with Crippen molar-refractivity contribution in [3.05, 3.63) is 95.6 Å². The zero-order valence-electron chi connectivity index (χ0n) is 23.2. The molecule has 8 heteroatoms. The third kappa shape index (κ3) is 2.74. The molecular formula is C34H28N4O4. The van der Waals surface area contributed by atoms with Crippen LogP contribution in [0.15, 0.2) is 78.9 Å². The van der Waals surface area contributed by atoms with Crippen LogP contribution in [0.2, 0.25) is 0 Å². The molecule has 1 fully saturated rings. The van der Waals surface area contributed by atoms with Crippen molar-refractivity contribution < 1.29 is 19.4 Å². The molecule has 3 aliphatic heterocycles. The largest absolute Gasteiger partial charge is 0.386 e. The number of aliphatic hydroxyl groups excluding tert-OH is 1. The van der Waals surface area contributed by atoms with Gasteiger partial charge in [0.05, 0.1) is 33.7 Å². The summed E-state index contributed by atoms with van der Waals surface area (Å²) in [6.45, 7) is 2.37. The van der Waals surface area contributed by atoms with E-state index in [4.69, 9.17) is 4.74 Å². The van der Waals surface area contributed by atoms with Crippen LogP contribution in [0.3, 0.4) is 0 Å². The second-order valence-electron chi connectivity index (χ2n) is 11.9. The van der Waals surface area contributed by atoms with E-state index in [1.807, 2.05) is 49.4 Å². The van der Waals surface area contributed by atoms with Crippen LogP contribution in [0.4, 0.5) is 0 Å². The van der Waals surface area contributed by atoms with Crippen molar-refractivity contribution in [2.24, 2.45) is 0 Å². The van der Waals surface area contributed by atoms with Gasteiger partial charge in [-0.2, -0.15) is 0 Å². The Labute approximate surface area is 240 Å². The molecule has 0 saturated carbocycles. The average Bonchev–Trinajstić information content (AvgIpc) is 3.66. The number of carbonyl (C=O) groups is 2. The maximum Gasteiger partial charge on any atom is 0.253 e. The Bertz CT molecular complexity index is 2160. The first-order valence-electron chi connectivity index (χ1n) is 14.4.